The fraction of sp³-hybridized carbons (Fsp3) is 0. The quantitative estimate of drug-likeness (QED) is 0.245. The van der Waals surface area contributed by atoms with Crippen molar-refractivity contribution < 1.29 is 22.4 Å². The number of para-hydroxylation sites is 4. The Bertz CT molecular complexity index is 1550. The number of nitrogens with zero attached hydrogens (tertiary/aromatic N) is 7. The van der Waals surface area contributed by atoms with Crippen molar-refractivity contribution in [2.24, 2.45) is 0 Å². The van der Waals surface area contributed by atoms with Crippen LogP contribution in [0.2, 0.25) is 0 Å². The first-order valence-corrected chi connectivity index (χ1v) is 11.1. The van der Waals surface area contributed by atoms with Crippen molar-refractivity contribution in [2.45, 2.75) is 0 Å². The van der Waals surface area contributed by atoms with Gasteiger partial charge in [-0.05, 0) is 57.1 Å². The predicted octanol–water partition coefficient (Wildman–Crippen LogP) is 5.13. The minimum atomic E-state index is 0. The molecule has 8 heteroatoms. The molecule has 0 saturated carbocycles. The third kappa shape index (κ3) is 4.89. The van der Waals surface area contributed by atoms with Crippen LogP contribution in [0.5, 0.6) is 0 Å². The predicted molar refractivity (Wildman–Crippen MR) is 135 cm³/mol. The van der Waals surface area contributed by atoms with E-state index in [9.17, 15) is 0 Å². The zero-order valence-corrected chi connectivity index (χ0v) is 21.0. The van der Waals surface area contributed by atoms with Gasteiger partial charge in [-0.1, -0.05) is 97.5 Å². The second-order valence-corrected chi connectivity index (χ2v) is 7.75. The van der Waals surface area contributed by atoms with E-state index in [4.69, 9.17) is 0 Å². The summed E-state index contributed by atoms with van der Waals surface area (Å²) in [6.45, 7) is 0. The van der Waals surface area contributed by atoms with Crippen molar-refractivity contribution in [1.29, 1.82) is 0 Å². The molecule has 0 amide bonds. The van der Waals surface area contributed by atoms with Crippen molar-refractivity contribution in [3.8, 4) is 34.3 Å². The number of imidazole rings is 3. The molecule has 7 nitrogen and oxygen atoms in total. The number of pyridine rings is 1. The smallest absolute Gasteiger partial charge is 0.449 e. The summed E-state index contributed by atoms with van der Waals surface area (Å²) in [5.41, 5.74) is 6.97. The molecule has 4 aromatic heterocycles. The van der Waals surface area contributed by atoms with Crippen molar-refractivity contribution in [1.82, 2.24) is 34.9 Å². The first kappa shape index (κ1) is 23.4. The molecule has 7 aromatic rings. The Hall–Kier alpha value is -4.30. The van der Waals surface area contributed by atoms with Gasteiger partial charge in [0.1, 0.15) is 0 Å². The van der Waals surface area contributed by atoms with E-state index in [1.54, 1.807) is 12.5 Å². The number of benzene rings is 3. The molecular weight excluding hydrogens is 631 g/mol. The van der Waals surface area contributed by atoms with E-state index in [1.807, 2.05) is 97.1 Å². The van der Waals surface area contributed by atoms with Crippen LogP contribution < -0.4 is 15.0 Å². The summed E-state index contributed by atoms with van der Waals surface area (Å²) >= 11 is 0. The van der Waals surface area contributed by atoms with Crippen molar-refractivity contribution >= 4 is 22.1 Å². The van der Waals surface area contributed by atoms with Gasteiger partial charge in [0.05, 0.1) is 11.4 Å². The standard InChI is InChI=1S/C19H11N5.C9H7N2.Au/c1-2-7-13-12(6-1)21-18(22-13)16-10-5-11-17(20-16)19-23-14-8-3-4-9-15(14)24-19;1-2-4-8(5-3-1)9-6-10-7-11-9;/h1-11H;1-7H;/q-2;-1;+3. The maximum absolute atomic E-state index is 4.65. The normalized spacial score (nSPS) is 10.6. The van der Waals surface area contributed by atoms with Gasteiger partial charge in [0.25, 0.3) is 0 Å². The second kappa shape index (κ2) is 10.5. The summed E-state index contributed by atoms with van der Waals surface area (Å²) in [6.07, 6.45) is 3.32. The Balaban J connectivity index is 0.000000188. The van der Waals surface area contributed by atoms with Crippen LogP contribution in [0.25, 0.3) is 56.4 Å². The Kier molecular flexibility index (Phi) is 6.86. The average Bonchev–Trinajstić information content (AvgIpc) is 3.69. The van der Waals surface area contributed by atoms with E-state index in [-0.39, 0.29) is 22.4 Å². The summed E-state index contributed by atoms with van der Waals surface area (Å²) in [6, 6.07) is 31.3. The van der Waals surface area contributed by atoms with Crippen LogP contribution in [0.15, 0.2) is 110 Å². The van der Waals surface area contributed by atoms with Crippen LogP contribution in [-0.2, 0) is 22.4 Å². The first-order valence-electron chi connectivity index (χ1n) is 11.1. The minimum absolute atomic E-state index is 0. The molecule has 0 aliphatic rings. The zero-order chi connectivity index (χ0) is 23.5. The molecule has 0 aliphatic carbocycles. The molecule has 0 spiro atoms. The van der Waals surface area contributed by atoms with Gasteiger partial charge in [0, 0.05) is 0 Å². The summed E-state index contributed by atoms with van der Waals surface area (Å²) in [5, 5.41) is 0. The molecule has 36 heavy (non-hydrogen) atoms. The van der Waals surface area contributed by atoms with E-state index in [0.717, 1.165) is 44.7 Å². The van der Waals surface area contributed by atoms with E-state index in [2.05, 4.69) is 34.9 Å². The molecule has 0 fully saturated rings. The molecule has 7 rings (SSSR count). The van der Waals surface area contributed by atoms with Gasteiger partial charge in [0.15, 0.2) is 0 Å². The number of hydrogen-bond acceptors (Lipinski definition) is 4. The zero-order valence-electron chi connectivity index (χ0n) is 18.8. The van der Waals surface area contributed by atoms with Crippen LogP contribution in [0.4, 0.5) is 0 Å². The van der Waals surface area contributed by atoms with Crippen molar-refractivity contribution in [3.05, 3.63) is 110 Å². The SMILES string of the molecule is [Au+3].c1cc(-c2nc3ccccc3[n-]2)nc(-c2nc3ccccc3[n-]2)c1.c1ccc(-c2c[n-]cn2)cc1. The van der Waals surface area contributed by atoms with Gasteiger partial charge >= 0.3 is 22.4 Å². The Labute approximate surface area is 222 Å². The minimum Gasteiger partial charge on any atom is -0.449 e. The van der Waals surface area contributed by atoms with Crippen LogP contribution >= 0.6 is 0 Å². The molecule has 0 bridgehead atoms. The molecular formula is C28H18AuN7. The Morgan fingerprint density at radius 3 is 1.58 bits per heavy atom. The largest absolute Gasteiger partial charge is 3.00 e. The third-order valence-corrected chi connectivity index (χ3v) is 5.41. The molecule has 0 radical (unpaired) electrons. The van der Waals surface area contributed by atoms with Gasteiger partial charge in [-0.2, -0.15) is 0 Å². The van der Waals surface area contributed by atoms with Crippen LogP contribution in [0, 0.1) is 0 Å². The Morgan fingerprint density at radius 2 is 1.06 bits per heavy atom. The topological polar surface area (TPSA) is 93.9 Å². The van der Waals surface area contributed by atoms with Gasteiger partial charge in [-0.15, -0.1) is 0 Å². The fourth-order valence-corrected chi connectivity index (χ4v) is 3.72. The summed E-state index contributed by atoms with van der Waals surface area (Å²) in [4.78, 5) is 30.8. The van der Waals surface area contributed by atoms with Crippen molar-refractivity contribution in [2.75, 3.05) is 0 Å². The molecule has 176 valence electrons. The summed E-state index contributed by atoms with van der Waals surface area (Å²) < 4.78 is 0. The molecule has 0 saturated heterocycles. The van der Waals surface area contributed by atoms with E-state index in [1.165, 1.54) is 0 Å². The molecule has 4 heterocycles. The van der Waals surface area contributed by atoms with Gasteiger partial charge in [-0.25, -0.2) is 4.98 Å². The van der Waals surface area contributed by atoms with Gasteiger partial charge in [0.2, 0.25) is 0 Å². The maximum atomic E-state index is 4.65. The molecule has 0 aliphatic heterocycles. The average molecular weight is 649 g/mol. The van der Waals surface area contributed by atoms with E-state index >= 15 is 0 Å². The molecule has 0 unspecified atom stereocenters. The van der Waals surface area contributed by atoms with E-state index in [0.29, 0.717) is 11.6 Å². The van der Waals surface area contributed by atoms with E-state index < -0.39 is 0 Å². The monoisotopic (exact) mass is 649 g/mol. The molecule has 3 aromatic carbocycles. The Morgan fingerprint density at radius 1 is 0.500 bits per heavy atom. The van der Waals surface area contributed by atoms with Crippen LogP contribution in [0.3, 0.4) is 0 Å². The fourth-order valence-electron chi connectivity index (χ4n) is 3.72. The second-order valence-electron chi connectivity index (χ2n) is 7.75. The maximum Gasteiger partial charge on any atom is 3.00 e. The summed E-state index contributed by atoms with van der Waals surface area (Å²) in [7, 11) is 0. The van der Waals surface area contributed by atoms with Crippen LogP contribution in [0.1, 0.15) is 0 Å². The molecule has 0 atom stereocenters. The third-order valence-electron chi connectivity index (χ3n) is 5.41. The number of hydrogen-bond donors (Lipinski definition) is 0. The van der Waals surface area contributed by atoms with Gasteiger partial charge < -0.3 is 29.9 Å². The number of rotatable bonds is 3. The number of aromatic nitrogens is 7. The van der Waals surface area contributed by atoms with Crippen LogP contribution in [-0.4, -0.2) is 19.9 Å². The van der Waals surface area contributed by atoms with Gasteiger partial charge in [-0.3, -0.25) is 0 Å². The van der Waals surface area contributed by atoms with Crippen molar-refractivity contribution in [3.63, 3.8) is 0 Å². The number of fused-ring (bicyclic) bond motifs is 2. The summed E-state index contributed by atoms with van der Waals surface area (Å²) in [5.74, 6) is 1.24. The molecule has 0 N–H and O–H groups in total. The first-order chi connectivity index (χ1) is 17.3.